The zero-order valence-corrected chi connectivity index (χ0v) is 11.7. The standard InChI is InChI=1S/C16H15FN2O2/c1-11-6-13(2-3-15(11)17)14-7-12(8-18-9-14)10-19-4-5-21-16(19)20/h2-3,6-9H,4-5,10H2,1H3. The second-order valence-electron chi connectivity index (χ2n) is 5.08. The van der Waals surface area contributed by atoms with Gasteiger partial charge in [-0.2, -0.15) is 0 Å². The van der Waals surface area contributed by atoms with E-state index in [1.165, 1.54) is 6.07 Å². The second kappa shape index (κ2) is 5.52. The van der Waals surface area contributed by atoms with Crippen molar-refractivity contribution in [3.05, 3.63) is 53.6 Å². The summed E-state index contributed by atoms with van der Waals surface area (Å²) in [6.07, 6.45) is 3.17. The molecule has 0 radical (unpaired) electrons. The number of aromatic nitrogens is 1. The van der Waals surface area contributed by atoms with Gasteiger partial charge in [-0.05, 0) is 41.8 Å². The predicted molar refractivity (Wildman–Crippen MR) is 76.1 cm³/mol. The molecule has 1 aliphatic rings. The van der Waals surface area contributed by atoms with E-state index in [2.05, 4.69) is 4.98 Å². The highest BCUT2D eigenvalue weighted by Gasteiger charge is 2.21. The fraction of sp³-hybridized carbons (Fsp3) is 0.250. The number of cyclic esters (lactones) is 1. The van der Waals surface area contributed by atoms with E-state index in [-0.39, 0.29) is 11.9 Å². The van der Waals surface area contributed by atoms with Crippen molar-refractivity contribution in [3.8, 4) is 11.1 Å². The molecule has 3 rings (SSSR count). The monoisotopic (exact) mass is 286 g/mol. The van der Waals surface area contributed by atoms with Crippen LogP contribution < -0.4 is 0 Å². The summed E-state index contributed by atoms with van der Waals surface area (Å²) in [6, 6.07) is 6.94. The molecule has 2 aromatic rings. The number of rotatable bonds is 3. The van der Waals surface area contributed by atoms with Gasteiger partial charge in [-0.3, -0.25) is 4.98 Å². The van der Waals surface area contributed by atoms with Crippen LogP contribution in [0.5, 0.6) is 0 Å². The number of hydrogen-bond acceptors (Lipinski definition) is 3. The first-order valence-electron chi connectivity index (χ1n) is 6.75. The summed E-state index contributed by atoms with van der Waals surface area (Å²) in [5.41, 5.74) is 3.34. The second-order valence-corrected chi connectivity index (χ2v) is 5.08. The minimum atomic E-state index is -0.293. The van der Waals surface area contributed by atoms with Crippen LogP contribution in [0.15, 0.2) is 36.7 Å². The van der Waals surface area contributed by atoms with E-state index in [0.717, 1.165) is 16.7 Å². The maximum absolute atomic E-state index is 13.3. The molecule has 2 heterocycles. The van der Waals surface area contributed by atoms with Gasteiger partial charge in [-0.15, -0.1) is 0 Å². The van der Waals surface area contributed by atoms with E-state index in [0.29, 0.717) is 25.3 Å². The van der Waals surface area contributed by atoms with Gasteiger partial charge in [0.05, 0.1) is 13.1 Å². The number of aryl methyl sites for hydroxylation is 1. The topological polar surface area (TPSA) is 42.4 Å². The molecule has 0 spiro atoms. The van der Waals surface area contributed by atoms with Crippen molar-refractivity contribution in [2.45, 2.75) is 13.5 Å². The van der Waals surface area contributed by atoms with Crippen LogP contribution in [0.3, 0.4) is 0 Å². The van der Waals surface area contributed by atoms with Gasteiger partial charge < -0.3 is 9.64 Å². The van der Waals surface area contributed by atoms with Crippen molar-refractivity contribution >= 4 is 6.09 Å². The minimum Gasteiger partial charge on any atom is -0.448 e. The fourth-order valence-electron chi connectivity index (χ4n) is 2.35. The molecule has 1 aromatic carbocycles. The molecule has 0 bridgehead atoms. The molecule has 1 fully saturated rings. The van der Waals surface area contributed by atoms with E-state index in [1.54, 1.807) is 36.4 Å². The number of ether oxygens (including phenoxy) is 1. The normalized spacial score (nSPS) is 14.4. The molecule has 0 saturated carbocycles. The molecule has 21 heavy (non-hydrogen) atoms. The van der Waals surface area contributed by atoms with Crippen LogP contribution in [0.25, 0.3) is 11.1 Å². The summed E-state index contributed by atoms with van der Waals surface area (Å²) in [7, 11) is 0. The number of carbonyl (C=O) groups excluding carboxylic acids is 1. The minimum absolute atomic E-state index is 0.220. The number of halogens is 1. The maximum Gasteiger partial charge on any atom is 0.410 e. The van der Waals surface area contributed by atoms with Gasteiger partial charge in [0.25, 0.3) is 0 Å². The summed E-state index contributed by atoms with van der Waals surface area (Å²) in [5, 5.41) is 0. The SMILES string of the molecule is Cc1cc(-c2cncc(CN3CCOC3=O)c2)ccc1F. The first-order chi connectivity index (χ1) is 10.1. The van der Waals surface area contributed by atoms with Crippen LogP contribution in [0.4, 0.5) is 9.18 Å². The Labute approximate surface area is 122 Å². The van der Waals surface area contributed by atoms with Crippen molar-refractivity contribution in [2.24, 2.45) is 0 Å². The van der Waals surface area contributed by atoms with E-state index in [1.807, 2.05) is 6.07 Å². The smallest absolute Gasteiger partial charge is 0.410 e. The third-order valence-electron chi connectivity index (χ3n) is 3.50. The maximum atomic E-state index is 13.3. The number of pyridine rings is 1. The highest BCUT2D eigenvalue weighted by molar-refractivity contribution is 5.69. The Morgan fingerprint density at radius 1 is 1.29 bits per heavy atom. The summed E-state index contributed by atoms with van der Waals surface area (Å²) < 4.78 is 18.2. The summed E-state index contributed by atoms with van der Waals surface area (Å²) in [4.78, 5) is 17.3. The van der Waals surface area contributed by atoms with Crippen molar-refractivity contribution in [2.75, 3.05) is 13.2 Å². The third kappa shape index (κ3) is 2.86. The van der Waals surface area contributed by atoms with Crippen molar-refractivity contribution in [1.82, 2.24) is 9.88 Å². The highest BCUT2D eigenvalue weighted by atomic mass is 19.1. The molecule has 108 valence electrons. The Balaban J connectivity index is 1.85. The molecule has 4 nitrogen and oxygen atoms in total. The quantitative estimate of drug-likeness (QED) is 0.870. The van der Waals surface area contributed by atoms with Crippen LogP contribution in [-0.2, 0) is 11.3 Å². The number of hydrogen-bond donors (Lipinski definition) is 0. The molecule has 0 unspecified atom stereocenters. The van der Waals surface area contributed by atoms with Gasteiger partial charge in [0.2, 0.25) is 0 Å². The largest absolute Gasteiger partial charge is 0.448 e. The van der Waals surface area contributed by atoms with Crippen molar-refractivity contribution in [1.29, 1.82) is 0 Å². The van der Waals surface area contributed by atoms with Gasteiger partial charge in [-0.25, -0.2) is 9.18 Å². The van der Waals surface area contributed by atoms with Crippen LogP contribution in [-0.4, -0.2) is 29.1 Å². The molecule has 1 aliphatic heterocycles. The van der Waals surface area contributed by atoms with Gasteiger partial charge in [0.1, 0.15) is 12.4 Å². The molecule has 1 amide bonds. The van der Waals surface area contributed by atoms with Gasteiger partial charge >= 0.3 is 6.09 Å². The molecule has 0 aliphatic carbocycles. The number of amides is 1. The van der Waals surface area contributed by atoms with E-state index in [9.17, 15) is 9.18 Å². The number of carbonyl (C=O) groups is 1. The number of nitrogens with zero attached hydrogens (tertiary/aromatic N) is 2. The molecule has 0 N–H and O–H groups in total. The lowest BCUT2D eigenvalue weighted by molar-refractivity contribution is 0.157. The van der Waals surface area contributed by atoms with Crippen LogP contribution in [0.1, 0.15) is 11.1 Å². The Hall–Kier alpha value is -2.43. The first-order valence-corrected chi connectivity index (χ1v) is 6.75. The average Bonchev–Trinajstić information content (AvgIpc) is 2.88. The Morgan fingerprint density at radius 2 is 2.14 bits per heavy atom. The third-order valence-corrected chi connectivity index (χ3v) is 3.50. The highest BCUT2D eigenvalue weighted by Crippen LogP contribution is 2.22. The van der Waals surface area contributed by atoms with Gasteiger partial charge in [-0.1, -0.05) is 6.07 Å². The Morgan fingerprint density at radius 3 is 2.86 bits per heavy atom. The van der Waals surface area contributed by atoms with Crippen LogP contribution >= 0.6 is 0 Å². The van der Waals surface area contributed by atoms with E-state index >= 15 is 0 Å². The zero-order valence-electron chi connectivity index (χ0n) is 11.7. The average molecular weight is 286 g/mol. The van der Waals surface area contributed by atoms with E-state index < -0.39 is 0 Å². The lowest BCUT2D eigenvalue weighted by atomic mass is 10.0. The summed E-state index contributed by atoms with van der Waals surface area (Å²) in [6.45, 7) is 3.23. The number of benzene rings is 1. The fourth-order valence-corrected chi connectivity index (χ4v) is 2.35. The van der Waals surface area contributed by atoms with Crippen LogP contribution in [0.2, 0.25) is 0 Å². The molecule has 0 atom stereocenters. The Kier molecular flexibility index (Phi) is 3.56. The van der Waals surface area contributed by atoms with Gasteiger partial charge in [0.15, 0.2) is 0 Å². The van der Waals surface area contributed by atoms with Crippen LogP contribution in [0, 0.1) is 12.7 Å². The molecular weight excluding hydrogens is 271 g/mol. The molecule has 1 saturated heterocycles. The predicted octanol–water partition coefficient (Wildman–Crippen LogP) is 3.15. The lowest BCUT2D eigenvalue weighted by Crippen LogP contribution is -2.23. The molecule has 5 heteroatoms. The lowest BCUT2D eigenvalue weighted by Gasteiger charge is -2.13. The van der Waals surface area contributed by atoms with E-state index in [4.69, 9.17) is 4.74 Å². The Bertz CT molecular complexity index is 688. The van der Waals surface area contributed by atoms with Crippen molar-refractivity contribution < 1.29 is 13.9 Å². The molecular formula is C16H15FN2O2. The zero-order chi connectivity index (χ0) is 14.8. The van der Waals surface area contributed by atoms with Gasteiger partial charge in [0, 0.05) is 18.0 Å². The van der Waals surface area contributed by atoms with Crippen molar-refractivity contribution in [3.63, 3.8) is 0 Å². The summed E-state index contributed by atoms with van der Waals surface area (Å²) in [5.74, 6) is -0.220. The molecule has 1 aromatic heterocycles. The first kappa shape index (κ1) is 13.5. The summed E-state index contributed by atoms with van der Waals surface area (Å²) >= 11 is 0.